The van der Waals surface area contributed by atoms with Crippen molar-refractivity contribution in [1.29, 1.82) is 0 Å². The Balaban J connectivity index is 1.53. The van der Waals surface area contributed by atoms with Gasteiger partial charge in [-0.1, -0.05) is 6.07 Å². The van der Waals surface area contributed by atoms with E-state index in [-0.39, 0.29) is 5.91 Å². The normalized spacial score (nSPS) is 20.4. The third-order valence-corrected chi connectivity index (χ3v) is 5.09. The van der Waals surface area contributed by atoms with Crippen LogP contribution < -0.4 is 4.90 Å². The van der Waals surface area contributed by atoms with Gasteiger partial charge in [-0.15, -0.1) is 0 Å². The summed E-state index contributed by atoms with van der Waals surface area (Å²) in [6, 6.07) is 8.38. The number of amides is 1. The lowest BCUT2D eigenvalue weighted by Gasteiger charge is -2.47. The molecule has 2 aliphatic rings. The minimum atomic E-state index is 0.150. The molecule has 1 aromatic carbocycles. The molecule has 0 spiro atoms. The van der Waals surface area contributed by atoms with Crippen molar-refractivity contribution in [1.82, 2.24) is 9.80 Å². The second-order valence-electron chi connectivity index (χ2n) is 6.78. The molecule has 126 valence electrons. The number of carbonyl (C=O) groups is 1. The van der Waals surface area contributed by atoms with Crippen LogP contribution in [0.15, 0.2) is 24.3 Å². The molecule has 5 heteroatoms. The van der Waals surface area contributed by atoms with Crippen LogP contribution in [0.4, 0.5) is 5.69 Å². The second kappa shape index (κ2) is 6.89. The van der Waals surface area contributed by atoms with Gasteiger partial charge in [0.1, 0.15) is 0 Å². The van der Waals surface area contributed by atoms with Crippen molar-refractivity contribution >= 4 is 11.6 Å². The van der Waals surface area contributed by atoms with Crippen LogP contribution in [-0.2, 0) is 4.74 Å². The summed E-state index contributed by atoms with van der Waals surface area (Å²) in [5.74, 6) is 0.150. The van der Waals surface area contributed by atoms with Crippen molar-refractivity contribution in [3.63, 3.8) is 0 Å². The fraction of sp³-hybridized carbons (Fsp3) is 0.611. The van der Waals surface area contributed by atoms with Gasteiger partial charge in [0, 0.05) is 64.7 Å². The minimum absolute atomic E-state index is 0.150. The van der Waals surface area contributed by atoms with Crippen molar-refractivity contribution in [3.05, 3.63) is 29.8 Å². The highest BCUT2D eigenvalue weighted by molar-refractivity contribution is 5.95. The molecule has 2 fully saturated rings. The van der Waals surface area contributed by atoms with Crippen molar-refractivity contribution < 1.29 is 9.53 Å². The predicted octanol–water partition coefficient (Wildman–Crippen LogP) is 1.69. The van der Waals surface area contributed by atoms with Gasteiger partial charge in [0.2, 0.25) is 0 Å². The molecule has 2 aliphatic heterocycles. The summed E-state index contributed by atoms with van der Waals surface area (Å²) in [5, 5.41) is 0. The molecule has 23 heavy (non-hydrogen) atoms. The Morgan fingerprint density at radius 2 is 1.91 bits per heavy atom. The summed E-state index contributed by atoms with van der Waals surface area (Å²) in [4.78, 5) is 19.1. The number of ether oxygens (including phenoxy) is 1. The zero-order valence-corrected chi connectivity index (χ0v) is 14.4. The Labute approximate surface area is 138 Å². The third kappa shape index (κ3) is 3.51. The van der Waals surface area contributed by atoms with E-state index in [4.69, 9.17) is 4.74 Å². The van der Waals surface area contributed by atoms with Crippen molar-refractivity contribution in [2.75, 3.05) is 52.3 Å². The summed E-state index contributed by atoms with van der Waals surface area (Å²) < 4.78 is 5.42. The zero-order chi connectivity index (χ0) is 16.4. The van der Waals surface area contributed by atoms with Crippen molar-refractivity contribution in [3.8, 4) is 0 Å². The van der Waals surface area contributed by atoms with E-state index in [1.807, 2.05) is 48.2 Å². The summed E-state index contributed by atoms with van der Waals surface area (Å²) in [6.45, 7) is 3.87. The Kier molecular flexibility index (Phi) is 4.87. The van der Waals surface area contributed by atoms with E-state index in [0.717, 1.165) is 50.3 Å². The van der Waals surface area contributed by atoms with Crippen LogP contribution in [0.3, 0.4) is 0 Å². The first-order valence-corrected chi connectivity index (χ1v) is 8.42. The zero-order valence-electron chi connectivity index (χ0n) is 14.4. The van der Waals surface area contributed by atoms with Crippen LogP contribution >= 0.6 is 0 Å². The average Bonchev–Trinajstić information content (AvgIpc) is 2.54. The molecular formula is C18H27N3O2. The first kappa shape index (κ1) is 16.3. The number of nitrogens with zero attached hydrogens (tertiary/aromatic N) is 3. The van der Waals surface area contributed by atoms with Gasteiger partial charge in [-0.05, 0) is 31.0 Å². The molecule has 0 aliphatic carbocycles. The topological polar surface area (TPSA) is 36.0 Å². The quantitative estimate of drug-likeness (QED) is 0.847. The highest BCUT2D eigenvalue weighted by Crippen LogP contribution is 2.23. The molecule has 0 atom stereocenters. The predicted molar refractivity (Wildman–Crippen MR) is 92.1 cm³/mol. The van der Waals surface area contributed by atoms with E-state index < -0.39 is 0 Å². The van der Waals surface area contributed by atoms with E-state index in [1.165, 1.54) is 0 Å². The molecule has 3 rings (SSSR count). The number of anilines is 1. The van der Waals surface area contributed by atoms with Crippen molar-refractivity contribution in [2.24, 2.45) is 0 Å². The highest BCUT2D eigenvalue weighted by Gasteiger charge is 2.36. The number of likely N-dealkylation sites (tertiary alicyclic amines) is 2. The van der Waals surface area contributed by atoms with Crippen LogP contribution in [0.1, 0.15) is 23.2 Å². The number of piperidine rings is 1. The number of benzene rings is 1. The van der Waals surface area contributed by atoms with Crippen molar-refractivity contribution in [2.45, 2.75) is 25.0 Å². The summed E-state index contributed by atoms with van der Waals surface area (Å²) in [5.41, 5.74) is 1.85. The van der Waals surface area contributed by atoms with E-state index in [9.17, 15) is 4.79 Å². The van der Waals surface area contributed by atoms with Gasteiger partial charge >= 0.3 is 0 Å². The van der Waals surface area contributed by atoms with Gasteiger partial charge in [0.15, 0.2) is 0 Å². The largest absolute Gasteiger partial charge is 0.381 e. The molecule has 1 amide bonds. The van der Waals surface area contributed by atoms with E-state index in [2.05, 4.69) is 4.90 Å². The van der Waals surface area contributed by atoms with Crippen LogP contribution in [0, 0.1) is 0 Å². The number of methoxy groups -OCH3 is 1. The van der Waals surface area contributed by atoms with E-state index in [1.54, 1.807) is 7.11 Å². The molecule has 2 saturated heterocycles. The van der Waals surface area contributed by atoms with E-state index in [0.29, 0.717) is 12.1 Å². The summed E-state index contributed by atoms with van der Waals surface area (Å²) in [6.07, 6.45) is 2.62. The fourth-order valence-corrected chi connectivity index (χ4v) is 3.43. The number of hydrogen-bond donors (Lipinski definition) is 0. The van der Waals surface area contributed by atoms with Crippen LogP contribution in [0.25, 0.3) is 0 Å². The molecule has 1 aromatic rings. The Hall–Kier alpha value is -1.59. The first-order valence-electron chi connectivity index (χ1n) is 8.42. The smallest absolute Gasteiger partial charge is 0.254 e. The maximum atomic E-state index is 12.6. The molecular weight excluding hydrogens is 290 g/mol. The standard InChI is InChI=1S/C18H27N3O2/c1-19(2)15-6-4-5-14(11-15)18(22)21-12-16(13-21)20-9-7-17(23-3)8-10-20/h4-6,11,16-17H,7-10,12-13H2,1-3H3. The lowest BCUT2D eigenvalue weighted by atomic mass is 10.00. The Morgan fingerprint density at radius 1 is 1.22 bits per heavy atom. The lowest BCUT2D eigenvalue weighted by molar-refractivity contribution is -0.0119. The van der Waals surface area contributed by atoms with Crippen LogP contribution in [-0.4, -0.2) is 75.2 Å². The summed E-state index contributed by atoms with van der Waals surface area (Å²) in [7, 11) is 5.78. The molecule has 5 nitrogen and oxygen atoms in total. The van der Waals surface area contributed by atoms with Gasteiger partial charge < -0.3 is 14.5 Å². The molecule has 0 unspecified atom stereocenters. The molecule has 0 radical (unpaired) electrons. The third-order valence-electron chi connectivity index (χ3n) is 5.09. The van der Waals surface area contributed by atoms with Gasteiger partial charge in [-0.2, -0.15) is 0 Å². The number of rotatable bonds is 4. The van der Waals surface area contributed by atoms with Crippen LogP contribution in [0.5, 0.6) is 0 Å². The van der Waals surface area contributed by atoms with Gasteiger partial charge in [-0.25, -0.2) is 0 Å². The lowest BCUT2D eigenvalue weighted by Crippen LogP contribution is -2.62. The SMILES string of the molecule is COC1CCN(C2CN(C(=O)c3cccc(N(C)C)c3)C2)CC1. The average molecular weight is 317 g/mol. The monoisotopic (exact) mass is 317 g/mol. The Morgan fingerprint density at radius 3 is 2.52 bits per heavy atom. The van der Waals surface area contributed by atoms with Gasteiger partial charge in [-0.3, -0.25) is 9.69 Å². The minimum Gasteiger partial charge on any atom is -0.381 e. The van der Waals surface area contributed by atoms with Gasteiger partial charge in [0.05, 0.1) is 6.10 Å². The number of hydrogen-bond acceptors (Lipinski definition) is 4. The number of carbonyl (C=O) groups excluding carboxylic acids is 1. The van der Waals surface area contributed by atoms with Gasteiger partial charge in [0.25, 0.3) is 5.91 Å². The first-order chi connectivity index (χ1) is 11.1. The molecule has 0 saturated carbocycles. The molecule has 0 bridgehead atoms. The molecule has 2 heterocycles. The van der Waals surface area contributed by atoms with E-state index >= 15 is 0 Å². The second-order valence-corrected chi connectivity index (χ2v) is 6.78. The molecule has 0 aromatic heterocycles. The highest BCUT2D eigenvalue weighted by atomic mass is 16.5. The van der Waals surface area contributed by atoms with Crippen LogP contribution in [0.2, 0.25) is 0 Å². The maximum absolute atomic E-state index is 12.6. The Bertz CT molecular complexity index is 547. The molecule has 0 N–H and O–H groups in total. The summed E-state index contributed by atoms with van der Waals surface area (Å²) >= 11 is 0. The fourth-order valence-electron chi connectivity index (χ4n) is 3.43. The maximum Gasteiger partial charge on any atom is 0.254 e.